The molecule has 1 N–H and O–H groups in total. The summed E-state index contributed by atoms with van der Waals surface area (Å²) in [5.74, 6) is -0.0949. The first-order chi connectivity index (χ1) is 14.1. The predicted molar refractivity (Wildman–Crippen MR) is 117 cm³/mol. The van der Waals surface area contributed by atoms with Crippen LogP contribution < -0.4 is 10.4 Å². The lowest BCUT2D eigenvalue weighted by Crippen LogP contribution is -2.24. The van der Waals surface area contributed by atoms with Crippen LogP contribution in [0.4, 0.5) is 5.69 Å². The molecule has 0 atom stereocenters. The molecule has 162 valence electrons. The van der Waals surface area contributed by atoms with Gasteiger partial charge in [0.1, 0.15) is 0 Å². The Hall–Kier alpha value is -1.84. The van der Waals surface area contributed by atoms with Gasteiger partial charge in [0.25, 0.3) is 0 Å². The summed E-state index contributed by atoms with van der Waals surface area (Å²) in [5, 5.41) is 13.5. The number of unbranched alkanes of at least 4 members (excludes halogenated alkanes) is 7. The topological polar surface area (TPSA) is 69.2 Å². The maximum Gasteiger partial charge on any atom is 0.224 e. The summed E-state index contributed by atoms with van der Waals surface area (Å²) in [7, 11) is 0. The van der Waals surface area contributed by atoms with Crippen LogP contribution in [-0.4, -0.2) is 11.9 Å². The number of nitrogens with one attached hydrogen (secondary N) is 1. The SMILES string of the molecule is O=C([O-])Cc1cccc(NC(=O)CCCCCCCCCCC2CCCCC2)c1. The average molecular weight is 401 g/mol. The summed E-state index contributed by atoms with van der Waals surface area (Å²) >= 11 is 0. The van der Waals surface area contributed by atoms with E-state index >= 15 is 0 Å². The molecule has 0 radical (unpaired) electrons. The number of carbonyl (C=O) groups excluding carboxylic acids is 2. The number of amides is 1. The lowest BCUT2D eigenvalue weighted by Gasteiger charge is -2.21. The molecule has 4 nitrogen and oxygen atoms in total. The minimum atomic E-state index is -1.11. The van der Waals surface area contributed by atoms with E-state index in [-0.39, 0.29) is 12.3 Å². The molecule has 1 fully saturated rings. The summed E-state index contributed by atoms with van der Waals surface area (Å²) < 4.78 is 0. The highest BCUT2D eigenvalue weighted by Gasteiger charge is 2.12. The van der Waals surface area contributed by atoms with Crippen LogP contribution in [0.1, 0.15) is 102 Å². The fourth-order valence-electron chi connectivity index (χ4n) is 4.40. The van der Waals surface area contributed by atoms with Crippen LogP contribution in [0, 0.1) is 5.92 Å². The second-order valence-corrected chi connectivity index (χ2v) is 8.67. The average Bonchev–Trinajstić information content (AvgIpc) is 2.70. The van der Waals surface area contributed by atoms with Gasteiger partial charge in [-0.15, -0.1) is 0 Å². The third-order valence-electron chi connectivity index (χ3n) is 6.05. The van der Waals surface area contributed by atoms with E-state index in [2.05, 4.69) is 5.32 Å². The summed E-state index contributed by atoms with van der Waals surface area (Å²) in [5.41, 5.74) is 1.29. The maximum absolute atomic E-state index is 12.0. The molecule has 2 rings (SSSR count). The van der Waals surface area contributed by atoms with Gasteiger partial charge in [-0.2, -0.15) is 0 Å². The molecule has 1 amide bonds. The van der Waals surface area contributed by atoms with Crippen molar-refractivity contribution in [3.63, 3.8) is 0 Å². The molecular formula is C25H38NO3-. The molecule has 4 heteroatoms. The molecule has 0 unspecified atom stereocenters. The number of carboxylic acids is 1. The Morgan fingerprint density at radius 1 is 0.897 bits per heavy atom. The molecule has 0 saturated heterocycles. The molecule has 1 aliphatic carbocycles. The van der Waals surface area contributed by atoms with Crippen molar-refractivity contribution in [2.45, 2.75) is 103 Å². The Labute approximate surface area is 176 Å². The summed E-state index contributed by atoms with van der Waals surface area (Å²) in [6.45, 7) is 0. The van der Waals surface area contributed by atoms with Crippen molar-refractivity contribution >= 4 is 17.6 Å². The van der Waals surface area contributed by atoms with E-state index in [4.69, 9.17) is 0 Å². The van der Waals surface area contributed by atoms with Gasteiger partial charge in [-0.1, -0.05) is 95.6 Å². The molecule has 0 aliphatic heterocycles. The fraction of sp³-hybridized carbons (Fsp3) is 0.680. The molecule has 29 heavy (non-hydrogen) atoms. The minimum absolute atomic E-state index is 0.00156. The Morgan fingerprint density at radius 3 is 2.24 bits per heavy atom. The molecule has 1 aromatic rings. The number of aliphatic carboxylic acids is 1. The molecule has 0 heterocycles. The lowest BCUT2D eigenvalue weighted by molar-refractivity contribution is -0.304. The molecule has 1 aromatic carbocycles. The first-order valence-corrected chi connectivity index (χ1v) is 11.7. The second-order valence-electron chi connectivity index (χ2n) is 8.67. The predicted octanol–water partition coefficient (Wildman–Crippen LogP) is 5.40. The van der Waals surface area contributed by atoms with Gasteiger partial charge in [0.2, 0.25) is 5.91 Å². The van der Waals surface area contributed by atoms with Crippen LogP contribution in [0.2, 0.25) is 0 Å². The Balaban J connectivity index is 1.43. The normalized spacial score (nSPS) is 14.6. The van der Waals surface area contributed by atoms with Crippen molar-refractivity contribution in [1.29, 1.82) is 0 Å². The number of carboxylic acid groups (broad SMARTS) is 1. The molecule has 0 bridgehead atoms. The third kappa shape index (κ3) is 11.1. The second kappa shape index (κ2) is 14.2. The van der Waals surface area contributed by atoms with Gasteiger partial charge >= 0.3 is 0 Å². The largest absolute Gasteiger partial charge is 0.550 e. The maximum atomic E-state index is 12.0. The van der Waals surface area contributed by atoms with Gasteiger partial charge in [0.05, 0.1) is 0 Å². The van der Waals surface area contributed by atoms with Crippen LogP contribution in [0.3, 0.4) is 0 Å². The van der Waals surface area contributed by atoms with E-state index < -0.39 is 5.97 Å². The van der Waals surface area contributed by atoms with Crippen LogP contribution in [0.15, 0.2) is 24.3 Å². The lowest BCUT2D eigenvalue weighted by atomic mass is 9.85. The van der Waals surface area contributed by atoms with E-state index in [1.165, 1.54) is 77.0 Å². The first-order valence-electron chi connectivity index (χ1n) is 11.7. The molecular weight excluding hydrogens is 362 g/mol. The number of carbonyl (C=O) groups is 2. The highest BCUT2D eigenvalue weighted by atomic mass is 16.4. The standard InChI is InChI=1S/C25H39NO3/c27-24(26-23-17-12-16-22(19-23)20-25(28)29)18-11-6-4-2-1-3-5-8-13-21-14-9-7-10-15-21/h12,16-17,19,21H,1-11,13-15,18,20H2,(H,26,27)(H,28,29)/p-1. The van der Waals surface area contributed by atoms with Gasteiger partial charge in [-0.25, -0.2) is 0 Å². The van der Waals surface area contributed by atoms with Crippen LogP contribution >= 0.6 is 0 Å². The van der Waals surface area contributed by atoms with Gasteiger partial charge in [0, 0.05) is 24.5 Å². The van der Waals surface area contributed by atoms with Gasteiger partial charge in [-0.3, -0.25) is 4.79 Å². The van der Waals surface area contributed by atoms with E-state index in [0.29, 0.717) is 17.7 Å². The molecule has 1 aliphatic rings. The van der Waals surface area contributed by atoms with Crippen molar-refractivity contribution in [2.24, 2.45) is 5.92 Å². The minimum Gasteiger partial charge on any atom is -0.550 e. The van der Waals surface area contributed by atoms with Gasteiger partial charge < -0.3 is 15.2 Å². The number of anilines is 1. The smallest absolute Gasteiger partial charge is 0.224 e. The molecule has 0 spiro atoms. The van der Waals surface area contributed by atoms with Crippen LogP contribution in [0.5, 0.6) is 0 Å². The van der Waals surface area contributed by atoms with E-state index in [9.17, 15) is 14.7 Å². The van der Waals surface area contributed by atoms with Gasteiger partial charge in [0.15, 0.2) is 0 Å². The highest BCUT2D eigenvalue weighted by Crippen LogP contribution is 2.28. The summed E-state index contributed by atoms with van der Waals surface area (Å²) in [4.78, 5) is 22.7. The quantitative estimate of drug-likeness (QED) is 0.425. The molecule has 1 saturated carbocycles. The van der Waals surface area contributed by atoms with Crippen molar-refractivity contribution in [2.75, 3.05) is 5.32 Å². The Kier molecular flexibility index (Phi) is 11.5. The number of hydrogen-bond acceptors (Lipinski definition) is 3. The zero-order chi connectivity index (χ0) is 20.7. The Morgan fingerprint density at radius 2 is 1.55 bits per heavy atom. The van der Waals surface area contributed by atoms with Crippen molar-refractivity contribution in [1.82, 2.24) is 0 Å². The number of rotatable bonds is 14. The van der Waals surface area contributed by atoms with Crippen molar-refractivity contribution in [3.05, 3.63) is 29.8 Å². The third-order valence-corrected chi connectivity index (χ3v) is 6.05. The van der Waals surface area contributed by atoms with Crippen molar-refractivity contribution < 1.29 is 14.7 Å². The Bertz CT molecular complexity index is 608. The number of benzene rings is 1. The van der Waals surface area contributed by atoms with Gasteiger partial charge in [-0.05, 0) is 30.0 Å². The van der Waals surface area contributed by atoms with Crippen molar-refractivity contribution in [3.8, 4) is 0 Å². The van der Waals surface area contributed by atoms with E-state index in [1.54, 1.807) is 24.3 Å². The zero-order valence-corrected chi connectivity index (χ0v) is 17.9. The van der Waals surface area contributed by atoms with Crippen LogP contribution in [0.25, 0.3) is 0 Å². The molecule has 0 aromatic heterocycles. The monoisotopic (exact) mass is 400 g/mol. The fourth-order valence-corrected chi connectivity index (χ4v) is 4.40. The van der Waals surface area contributed by atoms with E-state index in [1.807, 2.05) is 0 Å². The summed E-state index contributed by atoms with van der Waals surface area (Å²) in [6, 6.07) is 6.96. The van der Waals surface area contributed by atoms with E-state index in [0.717, 1.165) is 18.8 Å². The zero-order valence-electron chi connectivity index (χ0n) is 17.9. The highest BCUT2D eigenvalue weighted by molar-refractivity contribution is 5.90. The summed E-state index contributed by atoms with van der Waals surface area (Å²) in [6.07, 6.45) is 19.1. The van der Waals surface area contributed by atoms with Crippen LogP contribution in [-0.2, 0) is 16.0 Å². The number of hydrogen-bond donors (Lipinski definition) is 1. The first kappa shape index (κ1) is 23.4.